The number of hydrogen-bond acceptors (Lipinski definition) is 3. The van der Waals surface area contributed by atoms with Gasteiger partial charge < -0.3 is 15.0 Å². The van der Waals surface area contributed by atoms with E-state index < -0.39 is 0 Å². The molecule has 1 aliphatic rings. The maximum atomic E-state index is 12.9. The Hall–Kier alpha value is -2.66. The van der Waals surface area contributed by atoms with Gasteiger partial charge in [-0.1, -0.05) is 48.0 Å². The first kappa shape index (κ1) is 18.1. The maximum Gasteiger partial charge on any atom is 0.252 e. The molecule has 1 N–H and O–H groups in total. The van der Waals surface area contributed by atoms with Gasteiger partial charge in [0.25, 0.3) is 5.91 Å². The van der Waals surface area contributed by atoms with E-state index in [-0.39, 0.29) is 24.3 Å². The summed E-state index contributed by atoms with van der Waals surface area (Å²) in [5, 5.41) is 2.91. The summed E-state index contributed by atoms with van der Waals surface area (Å²) in [5.74, 6) is -0.106. The van der Waals surface area contributed by atoms with Gasteiger partial charge in [-0.05, 0) is 24.1 Å². The predicted octanol–water partition coefficient (Wildman–Crippen LogP) is 2.84. The minimum atomic E-state index is -0.269. The zero-order valence-corrected chi connectivity index (χ0v) is 15.2. The highest BCUT2D eigenvalue weighted by molar-refractivity contribution is 5.99. The van der Waals surface area contributed by atoms with Crippen LogP contribution >= 0.6 is 0 Å². The molecule has 2 aromatic rings. The fourth-order valence-electron chi connectivity index (χ4n) is 3.19. The van der Waals surface area contributed by atoms with Crippen LogP contribution in [-0.4, -0.2) is 37.0 Å². The molecular formula is C21H24N2O3. The summed E-state index contributed by atoms with van der Waals surface area (Å²) in [6, 6.07) is 15.3. The van der Waals surface area contributed by atoms with Gasteiger partial charge in [-0.15, -0.1) is 0 Å². The number of hydrogen-bond donors (Lipinski definition) is 1. The number of ether oxygens (including phenoxy) is 1. The fraction of sp³-hybridized carbons (Fsp3) is 0.333. The molecule has 3 rings (SSSR count). The molecule has 0 radical (unpaired) electrons. The lowest BCUT2D eigenvalue weighted by Crippen LogP contribution is -2.35. The Morgan fingerprint density at radius 1 is 1.15 bits per heavy atom. The summed E-state index contributed by atoms with van der Waals surface area (Å²) in [6.45, 7) is 3.57. The van der Waals surface area contributed by atoms with Crippen LogP contribution in [0.3, 0.4) is 0 Å². The van der Waals surface area contributed by atoms with Crippen molar-refractivity contribution in [3.8, 4) is 0 Å². The molecule has 26 heavy (non-hydrogen) atoms. The van der Waals surface area contributed by atoms with Crippen LogP contribution in [0.2, 0.25) is 0 Å². The molecule has 0 bridgehead atoms. The number of benzene rings is 2. The van der Waals surface area contributed by atoms with Crippen molar-refractivity contribution in [1.82, 2.24) is 10.2 Å². The molecule has 1 atom stereocenters. The molecular weight excluding hydrogens is 328 g/mol. The number of methoxy groups -OCH3 is 1. The third-order valence-corrected chi connectivity index (χ3v) is 4.68. The topological polar surface area (TPSA) is 58.6 Å². The van der Waals surface area contributed by atoms with Gasteiger partial charge in [0.05, 0.1) is 19.1 Å². The second-order valence-corrected chi connectivity index (χ2v) is 6.61. The van der Waals surface area contributed by atoms with Crippen LogP contribution in [0.25, 0.3) is 0 Å². The molecule has 5 heteroatoms. The van der Waals surface area contributed by atoms with Gasteiger partial charge in [0.1, 0.15) is 0 Å². The van der Waals surface area contributed by atoms with Crippen LogP contribution in [0.15, 0.2) is 48.5 Å². The van der Waals surface area contributed by atoms with E-state index in [1.54, 1.807) is 18.1 Å². The predicted molar refractivity (Wildman–Crippen MR) is 99.7 cm³/mol. The van der Waals surface area contributed by atoms with E-state index in [9.17, 15) is 9.59 Å². The SMILES string of the molecule is COCCN(Cc1ccc(C)cc1)C(=O)C[C@H]1NC(=O)c2ccccc21. The van der Waals surface area contributed by atoms with E-state index in [0.29, 0.717) is 25.3 Å². The smallest absolute Gasteiger partial charge is 0.252 e. The molecule has 1 aliphatic heterocycles. The molecule has 0 saturated carbocycles. The Kier molecular flexibility index (Phi) is 5.68. The lowest BCUT2D eigenvalue weighted by Gasteiger charge is -2.24. The minimum Gasteiger partial charge on any atom is -0.383 e. The van der Waals surface area contributed by atoms with E-state index in [1.165, 1.54) is 5.56 Å². The molecule has 0 saturated heterocycles. The molecule has 2 amide bonds. The Morgan fingerprint density at radius 3 is 2.62 bits per heavy atom. The number of amides is 2. The van der Waals surface area contributed by atoms with E-state index in [1.807, 2.05) is 49.4 Å². The quantitative estimate of drug-likeness (QED) is 0.834. The normalized spacial score (nSPS) is 15.5. The van der Waals surface area contributed by atoms with Crippen LogP contribution < -0.4 is 5.32 Å². The van der Waals surface area contributed by atoms with Gasteiger partial charge >= 0.3 is 0 Å². The van der Waals surface area contributed by atoms with Gasteiger partial charge in [0, 0.05) is 25.8 Å². The monoisotopic (exact) mass is 352 g/mol. The van der Waals surface area contributed by atoms with Crippen molar-refractivity contribution in [1.29, 1.82) is 0 Å². The van der Waals surface area contributed by atoms with Crippen molar-refractivity contribution in [3.63, 3.8) is 0 Å². The standard InChI is InChI=1S/C21H24N2O3/c1-15-7-9-16(10-8-15)14-23(11-12-26-2)20(24)13-19-17-5-3-4-6-18(17)21(25)22-19/h3-10,19H,11-14H2,1-2H3,(H,22,25)/t19-/m1/s1. The van der Waals surface area contributed by atoms with Gasteiger partial charge in [-0.3, -0.25) is 9.59 Å². The highest BCUT2D eigenvalue weighted by Crippen LogP contribution is 2.28. The Balaban J connectivity index is 1.71. The van der Waals surface area contributed by atoms with E-state index in [2.05, 4.69) is 5.32 Å². The minimum absolute atomic E-state index is 0.00429. The fourth-order valence-corrected chi connectivity index (χ4v) is 3.19. The van der Waals surface area contributed by atoms with Crippen molar-refractivity contribution in [2.75, 3.05) is 20.3 Å². The molecule has 0 aromatic heterocycles. The van der Waals surface area contributed by atoms with Gasteiger partial charge in [0.2, 0.25) is 5.91 Å². The van der Waals surface area contributed by atoms with Crippen molar-refractivity contribution < 1.29 is 14.3 Å². The number of nitrogens with zero attached hydrogens (tertiary/aromatic N) is 1. The van der Waals surface area contributed by atoms with Gasteiger partial charge in [-0.2, -0.15) is 0 Å². The summed E-state index contributed by atoms with van der Waals surface area (Å²) in [4.78, 5) is 26.8. The molecule has 136 valence electrons. The zero-order valence-electron chi connectivity index (χ0n) is 15.2. The number of carbonyl (C=O) groups excluding carboxylic acids is 2. The Morgan fingerprint density at radius 2 is 1.88 bits per heavy atom. The Labute approximate surface area is 154 Å². The third-order valence-electron chi connectivity index (χ3n) is 4.68. The van der Waals surface area contributed by atoms with Gasteiger partial charge in [0.15, 0.2) is 0 Å². The first-order chi connectivity index (χ1) is 12.6. The van der Waals surface area contributed by atoms with E-state index >= 15 is 0 Å². The average Bonchev–Trinajstić information content (AvgIpc) is 2.96. The third kappa shape index (κ3) is 4.11. The van der Waals surface area contributed by atoms with Crippen LogP contribution in [0, 0.1) is 6.92 Å². The molecule has 0 spiro atoms. The molecule has 0 aliphatic carbocycles. The first-order valence-electron chi connectivity index (χ1n) is 8.80. The lowest BCUT2D eigenvalue weighted by molar-refractivity contribution is -0.133. The molecule has 5 nitrogen and oxygen atoms in total. The zero-order chi connectivity index (χ0) is 18.5. The molecule has 0 fully saturated rings. The number of aryl methyl sites for hydroxylation is 1. The maximum absolute atomic E-state index is 12.9. The number of rotatable bonds is 7. The van der Waals surface area contributed by atoms with Crippen molar-refractivity contribution in [3.05, 3.63) is 70.8 Å². The second kappa shape index (κ2) is 8.15. The second-order valence-electron chi connectivity index (χ2n) is 6.61. The summed E-state index contributed by atoms with van der Waals surface area (Å²) in [5.41, 5.74) is 3.82. The van der Waals surface area contributed by atoms with Crippen LogP contribution in [0.5, 0.6) is 0 Å². The van der Waals surface area contributed by atoms with Crippen LogP contribution in [0.4, 0.5) is 0 Å². The summed E-state index contributed by atoms with van der Waals surface area (Å²) >= 11 is 0. The number of carbonyl (C=O) groups is 2. The number of nitrogens with one attached hydrogen (secondary N) is 1. The Bertz CT molecular complexity index is 786. The first-order valence-corrected chi connectivity index (χ1v) is 8.80. The molecule has 1 heterocycles. The highest BCUT2D eigenvalue weighted by Gasteiger charge is 2.30. The summed E-state index contributed by atoms with van der Waals surface area (Å²) in [7, 11) is 1.63. The molecule has 0 unspecified atom stereocenters. The number of fused-ring (bicyclic) bond motifs is 1. The van der Waals surface area contributed by atoms with E-state index in [4.69, 9.17) is 4.74 Å². The lowest BCUT2D eigenvalue weighted by atomic mass is 10.0. The molecule has 2 aromatic carbocycles. The summed E-state index contributed by atoms with van der Waals surface area (Å²) in [6.07, 6.45) is 0.248. The van der Waals surface area contributed by atoms with Crippen molar-refractivity contribution in [2.45, 2.75) is 25.9 Å². The van der Waals surface area contributed by atoms with E-state index in [0.717, 1.165) is 11.1 Å². The van der Waals surface area contributed by atoms with Gasteiger partial charge in [-0.25, -0.2) is 0 Å². The van der Waals surface area contributed by atoms with Crippen LogP contribution in [-0.2, 0) is 16.1 Å². The largest absolute Gasteiger partial charge is 0.383 e. The highest BCUT2D eigenvalue weighted by atomic mass is 16.5. The van der Waals surface area contributed by atoms with Crippen molar-refractivity contribution >= 4 is 11.8 Å². The van der Waals surface area contributed by atoms with Crippen molar-refractivity contribution in [2.24, 2.45) is 0 Å². The van der Waals surface area contributed by atoms with Crippen LogP contribution in [0.1, 0.15) is 39.5 Å². The average molecular weight is 352 g/mol. The summed E-state index contributed by atoms with van der Waals surface area (Å²) < 4.78 is 5.16.